The largest absolute Gasteiger partial charge is 0.293 e. The lowest BCUT2D eigenvalue weighted by Gasteiger charge is -2.26. The molecule has 0 spiro atoms. The van der Waals surface area contributed by atoms with Crippen LogP contribution in [0.4, 0.5) is 0 Å². The molecule has 3 atom stereocenters. The molecule has 0 aliphatic carbocycles. The Morgan fingerprint density at radius 2 is 1.62 bits per heavy atom. The van der Waals surface area contributed by atoms with Crippen LogP contribution < -0.4 is 10.6 Å². The molecule has 3 heterocycles. The number of aromatic nitrogens is 2. The molecule has 1 saturated heterocycles. The lowest BCUT2D eigenvalue weighted by atomic mass is 9.93. The second-order valence-corrected chi connectivity index (χ2v) is 8.73. The Labute approximate surface area is 187 Å². The first-order valence-corrected chi connectivity index (χ1v) is 11.4. The minimum Gasteiger partial charge on any atom is -0.293 e. The Kier molecular flexibility index (Phi) is 4.64. The number of rotatable bonds is 5. The minimum absolute atomic E-state index is 0.0542. The van der Waals surface area contributed by atoms with Gasteiger partial charge in [-0.3, -0.25) is 9.80 Å². The van der Waals surface area contributed by atoms with Gasteiger partial charge in [-0.1, -0.05) is 84.9 Å². The van der Waals surface area contributed by atoms with Crippen LogP contribution >= 0.6 is 0 Å². The maximum atomic E-state index is 13.5. The van der Waals surface area contributed by atoms with E-state index < -0.39 is 0 Å². The molecule has 2 unspecified atom stereocenters. The monoisotopic (exact) mass is 419 g/mol. The summed E-state index contributed by atoms with van der Waals surface area (Å²) >= 11 is 0. The van der Waals surface area contributed by atoms with Gasteiger partial charge >= 0.3 is 0 Å². The van der Waals surface area contributed by atoms with Crippen molar-refractivity contribution in [2.45, 2.75) is 37.3 Å². The summed E-state index contributed by atoms with van der Waals surface area (Å²) in [6.45, 7) is 0. The molecule has 1 aromatic heterocycles. The molecule has 0 amide bonds. The van der Waals surface area contributed by atoms with E-state index in [0.717, 1.165) is 30.6 Å². The van der Waals surface area contributed by atoms with Crippen LogP contribution in [0, 0.1) is 0 Å². The summed E-state index contributed by atoms with van der Waals surface area (Å²) in [5, 5.41) is 2.93. The van der Waals surface area contributed by atoms with E-state index in [0.29, 0.717) is 11.4 Å². The van der Waals surface area contributed by atoms with Crippen LogP contribution in [0.25, 0.3) is 17.0 Å². The fourth-order valence-corrected chi connectivity index (χ4v) is 5.15. The second kappa shape index (κ2) is 7.79. The van der Waals surface area contributed by atoms with Gasteiger partial charge in [-0.25, -0.2) is 9.66 Å². The summed E-state index contributed by atoms with van der Waals surface area (Å²) < 4.78 is 1.89. The summed E-state index contributed by atoms with van der Waals surface area (Å²) in [6, 6.07) is 29.2. The molecule has 3 aromatic carbocycles. The Morgan fingerprint density at radius 3 is 2.44 bits per heavy atom. The predicted octanol–water partition coefficient (Wildman–Crippen LogP) is 5.44. The van der Waals surface area contributed by atoms with E-state index in [4.69, 9.17) is 4.98 Å². The smallest absolute Gasteiger partial charge is 0.280 e. The maximum Gasteiger partial charge on any atom is 0.280 e. The highest BCUT2D eigenvalue weighted by Gasteiger charge is 2.54. The van der Waals surface area contributed by atoms with Crippen LogP contribution in [0.1, 0.15) is 48.2 Å². The third kappa shape index (κ3) is 3.23. The normalized spacial score (nSPS) is 21.5. The second-order valence-electron chi connectivity index (χ2n) is 8.73. The minimum atomic E-state index is 0.0542. The first-order chi connectivity index (χ1) is 15.8. The standard InChI is InChI=1S/C28H25N3O/c32-28-23-17-9-10-18-24(23)29-27-22(16-8-7-13-20-11-3-1-4-12-20)19-25-26(30(25)31(27)28)21-14-5-2-6-15-21/h1-7,9-15,17-18,22,25-26H,8,16,19H2/b13-7+/t22-,25?,26?,30?/m0/s1. The number of benzene rings is 3. The number of fused-ring (bicyclic) bond motifs is 4. The Morgan fingerprint density at radius 1 is 0.906 bits per heavy atom. The SMILES string of the molecule is O=c1c2ccccc2nc2n1N1C(C[C@@H]2CC/C=C/c2ccccc2)C1c1ccccc1. The Bertz CT molecular complexity index is 1340. The summed E-state index contributed by atoms with van der Waals surface area (Å²) in [5.74, 6) is 1.18. The molecule has 0 N–H and O–H groups in total. The van der Waals surface area contributed by atoms with Crippen molar-refractivity contribution >= 4 is 17.0 Å². The summed E-state index contributed by atoms with van der Waals surface area (Å²) in [4.78, 5) is 18.5. The van der Waals surface area contributed by atoms with Gasteiger partial charge in [-0.05, 0) is 42.5 Å². The number of hydrogen-bond acceptors (Lipinski definition) is 3. The molecule has 4 nitrogen and oxygen atoms in total. The van der Waals surface area contributed by atoms with Gasteiger partial charge < -0.3 is 0 Å². The molecule has 0 bridgehead atoms. The molecule has 0 radical (unpaired) electrons. The highest BCUT2D eigenvalue weighted by Crippen LogP contribution is 2.50. The molecule has 1 fully saturated rings. The summed E-state index contributed by atoms with van der Waals surface area (Å²) in [5.41, 5.74) is 3.34. The number of allylic oxidation sites excluding steroid dienone is 1. The van der Waals surface area contributed by atoms with Crippen LogP contribution in [-0.4, -0.2) is 15.7 Å². The molecule has 4 aromatic rings. The van der Waals surface area contributed by atoms with Gasteiger partial charge in [0, 0.05) is 5.92 Å². The van der Waals surface area contributed by atoms with Gasteiger partial charge in [0.25, 0.3) is 5.56 Å². The first-order valence-electron chi connectivity index (χ1n) is 11.4. The molecule has 4 heteroatoms. The summed E-state index contributed by atoms with van der Waals surface area (Å²) in [6.07, 6.45) is 7.40. The number of hydrogen-bond donors (Lipinski definition) is 0. The van der Waals surface area contributed by atoms with E-state index in [1.165, 1.54) is 11.1 Å². The van der Waals surface area contributed by atoms with E-state index in [9.17, 15) is 4.79 Å². The quantitative estimate of drug-likeness (QED) is 0.404. The lowest BCUT2D eigenvalue weighted by Crippen LogP contribution is -2.38. The fraction of sp³-hybridized carbons (Fsp3) is 0.214. The predicted molar refractivity (Wildman–Crippen MR) is 129 cm³/mol. The molecular formula is C28H25N3O. The van der Waals surface area contributed by atoms with Crippen molar-refractivity contribution in [1.82, 2.24) is 9.66 Å². The Balaban J connectivity index is 1.34. The van der Waals surface area contributed by atoms with Gasteiger partial charge in [-0.2, -0.15) is 0 Å². The highest BCUT2D eigenvalue weighted by atomic mass is 16.1. The van der Waals surface area contributed by atoms with Crippen molar-refractivity contribution in [1.29, 1.82) is 0 Å². The van der Waals surface area contributed by atoms with Gasteiger partial charge in [-0.15, -0.1) is 0 Å². The zero-order chi connectivity index (χ0) is 21.5. The van der Waals surface area contributed by atoms with E-state index in [-0.39, 0.29) is 17.5 Å². The van der Waals surface area contributed by atoms with Crippen molar-refractivity contribution in [3.63, 3.8) is 0 Å². The van der Waals surface area contributed by atoms with Crippen LogP contribution in [0.5, 0.6) is 0 Å². The molecular weight excluding hydrogens is 394 g/mol. The molecule has 32 heavy (non-hydrogen) atoms. The van der Waals surface area contributed by atoms with Crippen molar-refractivity contribution in [3.8, 4) is 0 Å². The maximum absolute atomic E-state index is 13.5. The topological polar surface area (TPSA) is 37.9 Å². The van der Waals surface area contributed by atoms with Crippen molar-refractivity contribution < 1.29 is 0 Å². The number of nitrogens with zero attached hydrogens (tertiary/aromatic N) is 3. The molecule has 158 valence electrons. The number of para-hydroxylation sites is 1. The van der Waals surface area contributed by atoms with Crippen molar-refractivity contribution in [2.24, 2.45) is 0 Å². The lowest BCUT2D eigenvalue weighted by molar-refractivity contribution is 0.471. The van der Waals surface area contributed by atoms with Crippen LogP contribution in [-0.2, 0) is 0 Å². The van der Waals surface area contributed by atoms with Crippen molar-refractivity contribution in [3.05, 3.63) is 118 Å². The average molecular weight is 420 g/mol. The van der Waals surface area contributed by atoms with E-state index >= 15 is 0 Å². The van der Waals surface area contributed by atoms with Crippen LogP contribution in [0.2, 0.25) is 0 Å². The van der Waals surface area contributed by atoms with Gasteiger partial charge in [0.05, 0.1) is 23.0 Å². The van der Waals surface area contributed by atoms with Crippen LogP contribution in [0.15, 0.2) is 95.8 Å². The zero-order valence-electron chi connectivity index (χ0n) is 17.8. The van der Waals surface area contributed by atoms with Crippen molar-refractivity contribution in [2.75, 3.05) is 5.01 Å². The van der Waals surface area contributed by atoms with E-state index in [1.54, 1.807) is 0 Å². The third-order valence-electron chi connectivity index (χ3n) is 6.73. The third-order valence-corrected chi connectivity index (χ3v) is 6.73. The summed E-state index contributed by atoms with van der Waals surface area (Å²) in [7, 11) is 0. The molecule has 2 aliphatic heterocycles. The Hall–Kier alpha value is -3.66. The van der Waals surface area contributed by atoms with Gasteiger partial charge in [0.15, 0.2) is 0 Å². The van der Waals surface area contributed by atoms with Crippen LogP contribution in [0.3, 0.4) is 0 Å². The molecule has 0 saturated carbocycles. The first kappa shape index (κ1) is 19.1. The fourth-order valence-electron chi connectivity index (χ4n) is 5.15. The molecule has 6 rings (SSSR count). The highest BCUT2D eigenvalue weighted by molar-refractivity contribution is 5.77. The van der Waals surface area contributed by atoms with Gasteiger partial charge in [0.1, 0.15) is 5.82 Å². The zero-order valence-corrected chi connectivity index (χ0v) is 17.8. The van der Waals surface area contributed by atoms with E-state index in [1.807, 2.05) is 41.1 Å². The van der Waals surface area contributed by atoms with E-state index in [2.05, 4.69) is 65.7 Å². The van der Waals surface area contributed by atoms with Gasteiger partial charge in [0.2, 0.25) is 0 Å². The average Bonchev–Trinajstić information content (AvgIpc) is 3.57. The molecule has 2 aliphatic rings.